The first-order valence-electron chi connectivity index (χ1n) is 19.5. The second-order valence-electron chi connectivity index (χ2n) is 13.2. The predicted octanol–water partition coefficient (Wildman–Crippen LogP) is 4.35. The molecular formula is C39H59N3O12. The van der Waals surface area contributed by atoms with Gasteiger partial charge < -0.3 is 33.7 Å². The van der Waals surface area contributed by atoms with Crippen molar-refractivity contribution >= 4 is 41.2 Å². The van der Waals surface area contributed by atoms with Gasteiger partial charge in [-0.2, -0.15) is 0 Å². The number of piperidine rings is 1. The molecule has 2 aliphatic rings. The van der Waals surface area contributed by atoms with Crippen LogP contribution in [0.3, 0.4) is 0 Å². The summed E-state index contributed by atoms with van der Waals surface area (Å²) in [6.45, 7) is 6.88. The summed E-state index contributed by atoms with van der Waals surface area (Å²) in [5.74, 6) is -2.88. The number of carbonyl (C=O) groups is 6. The van der Waals surface area contributed by atoms with Gasteiger partial charge in [0.2, 0.25) is 17.7 Å². The van der Waals surface area contributed by atoms with E-state index in [-0.39, 0.29) is 54.6 Å². The van der Waals surface area contributed by atoms with E-state index in [0.29, 0.717) is 78.9 Å². The summed E-state index contributed by atoms with van der Waals surface area (Å²) in [5.41, 5.74) is 0.383. The molecule has 5 amide bonds. The second kappa shape index (κ2) is 26.9. The van der Waals surface area contributed by atoms with E-state index in [2.05, 4.69) is 17.6 Å². The first-order valence-corrected chi connectivity index (χ1v) is 19.5. The van der Waals surface area contributed by atoms with E-state index in [1.54, 1.807) is 12.1 Å². The molecule has 54 heavy (non-hydrogen) atoms. The Balaban J connectivity index is 1.07. The lowest BCUT2D eigenvalue weighted by Gasteiger charge is -2.27. The van der Waals surface area contributed by atoms with Gasteiger partial charge in [-0.15, -0.1) is 0 Å². The number of carbonyl (C=O) groups excluding carboxylic acids is 6. The Morgan fingerprint density at radius 2 is 1.24 bits per heavy atom. The van der Waals surface area contributed by atoms with Crippen LogP contribution in [0, 0.1) is 0 Å². The molecule has 1 unspecified atom stereocenters. The van der Waals surface area contributed by atoms with E-state index in [1.807, 2.05) is 0 Å². The minimum absolute atomic E-state index is 0.0290. The van der Waals surface area contributed by atoms with Gasteiger partial charge in [-0.1, -0.05) is 57.9 Å². The molecule has 15 nitrogen and oxygen atoms in total. The van der Waals surface area contributed by atoms with Crippen molar-refractivity contribution in [2.45, 2.75) is 103 Å². The van der Waals surface area contributed by atoms with Gasteiger partial charge in [-0.25, -0.2) is 0 Å². The first kappa shape index (κ1) is 44.6. The Morgan fingerprint density at radius 3 is 1.87 bits per heavy atom. The number of benzene rings is 1. The van der Waals surface area contributed by atoms with E-state index in [4.69, 9.17) is 28.4 Å². The Morgan fingerprint density at radius 1 is 0.685 bits per heavy atom. The monoisotopic (exact) mass is 761 g/mol. The number of unbranched alkanes of at least 4 members (excludes halogenated alkanes) is 8. The van der Waals surface area contributed by atoms with Gasteiger partial charge in [0.05, 0.1) is 76.3 Å². The van der Waals surface area contributed by atoms with Crippen LogP contribution in [-0.2, 0) is 47.6 Å². The summed E-state index contributed by atoms with van der Waals surface area (Å²) >= 11 is 0. The zero-order valence-corrected chi connectivity index (χ0v) is 31.8. The van der Waals surface area contributed by atoms with E-state index < -0.39 is 29.7 Å². The van der Waals surface area contributed by atoms with Gasteiger partial charge >= 0.3 is 5.97 Å². The highest BCUT2D eigenvalue weighted by molar-refractivity contribution is 6.26. The van der Waals surface area contributed by atoms with Crippen LogP contribution in [0.1, 0.15) is 118 Å². The topological polar surface area (TPSA) is 185 Å². The maximum Gasteiger partial charge on any atom is 0.305 e. The fourth-order valence-electron chi connectivity index (χ4n) is 5.99. The molecule has 0 radical (unpaired) electrons. The minimum Gasteiger partial charge on any atom is -0.463 e. The van der Waals surface area contributed by atoms with Crippen LogP contribution >= 0.6 is 0 Å². The largest absolute Gasteiger partial charge is 0.463 e. The average Bonchev–Trinajstić information content (AvgIpc) is 3.41. The summed E-state index contributed by atoms with van der Waals surface area (Å²) in [6.07, 6.45) is 11.1. The Labute approximate surface area is 318 Å². The number of rotatable bonds is 31. The number of anilines is 1. The van der Waals surface area contributed by atoms with Gasteiger partial charge in [-0.3, -0.25) is 39.0 Å². The molecule has 1 fully saturated rings. The molecular weight excluding hydrogens is 702 g/mol. The van der Waals surface area contributed by atoms with Crippen LogP contribution in [0.2, 0.25) is 0 Å². The van der Waals surface area contributed by atoms with Gasteiger partial charge in [0, 0.05) is 25.9 Å². The molecule has 1 aromatic rings. The average molecular weight is 762 g/mol. The third kappa shape index (κ3) is 16.7. The Bertz CT molecular complexity index is 1340. The SMILES string of the molecule is CCCCCCCCCC(=O)OCCOCCOCCOCCOCCOCCCCCC(=O)Nc1cccc2c1C(=O)N(C1CCC(=O)NC1=O)C2=O. The summed E-state index contributed by atoms with van der Waals surface area (Å²) < 4.78 is 32.7. The molecule has 3 rings (SSSR count). The molecule has 15 heteroatoms. The molecule has 0 spiro atoms. The van der Waals surface area contributed by atoms with Crippen molar-refractivity contribution in [2.24, 2.45) is 0 Å². The highest BCUT2D eigenvalue weighted by Gasteiger charge is 2.45. The third-order valence-corrected chi connectivity index (χ3v) is 8.90. The van der Waals surface area contributed by atoms with Gasteiger partial charge in [0.1, 0.15) is 12.6 Å². The van der Waals surface area contributed by atoms with E-state index in [9.17, 15) is 28.8 Å². The molecule has 1 atom stereocenters. The normalized spacial score (nSPS) is 15.4. The molecule has 0 saturated carbocycles. The highest BCUT2D eigenvalue weighted by Crippen LogP contribution is 2.32. The number of hydrogen-bond acceptors (Lipinski definition) is 12. The summed E-state index contributed by atoms with van der Waals surface area (Å²) in [7, 11) is 0. The number of esters is 1. The van der Waals surface area contributed by atoms with Crippen molar-refractivity contribution in [3.63, 3.8) is 0 Å². The van der Waals surface area contributed by atoms with Crippen molar-refractivity contribution in [1.82, 2.24) is 10.2 Å². The third-order valence-electron chi connectivity index (χ3n) is 8.90. The van der Waals surface area contributed by atoms with Gasteiger partial charge in [0.25, 0.3) is 11.8 Å². The number of nitrogens with one attached hydrogen (secondary N) is 2. The summed E-state index contributed by atoms with van der Waals surface area (Å²) in [5, 5.41) is 4.90. The molecule has 2 heterocycles. The molecule has 0 bridgehead atoms. The first-order chi connectivity index (χ1) is 26.3. The van der Waals surface area contributed by atoms with Crippen LogP contribution in [0.5, 0.6) is 0 Å². The number of imide groups is 2. The standard InChI is InChI=1S/C39H59N3O12/c1-2-3-4-5-6-7-10-16-35(45)54-29-28-53-27-26-52-25-24-51-23-22-50-21-20-49-19-11-8-9-15-33(43)40-31-14-12-13-30-36(31)39(48)42(38(30)47)32-17-18-34(44)41-37(32)46/h12-14,32H,2-11,15-29H2,1H3,(H,40,43)(H,41,44,46). The lowest BCUT2D eigenvalue weighted by molar-refractivity contribution is -0.145. The summed E-state index contributed by atoms with van der Waals surface area (Å²) in [6, 6.07) is 3.53. The van der Waals surface area contributed by atoms with Crippen LogP contribution in [0.4, 0.5) is 5.69 Å². The zero-order valence-electron chi connectivity index (χ0n) is 31.8. The van der Waals surface area contributed by atoms with Crippen LogP contribution in [-0.4, -0.2) is 119 Å². The van der Waals surface area contributed by atoms with Gasteiger partial charge in [-0.05, 0) is 37.8 Å². The maximum atomic E-state index is 13.2. The van der Waals surface area contributed by atoms with Crippen molar-refractivity contribution < 1.29 is 57.2 Å². The van der Waals surface area contributed by atoms with Crippen molar-refractivity contribution in [2.75, 3.05) is 78.0 Å². The van der Waals surface area contributed by atoms with Crippen LogP contribution in [0.25, 0.3) is 0 Å². The van der Waals surface area contributed by atoms with E-state index in [0.717, 1.165) is 30.6 Å². The minimum atomic E-state index is -1.07. The second-order valence-corrected chi connectivity index (χ2v) is 13.2. The molecule has 302 valence electrons. The van der Waals surface area contributed by atoms with Crippen molar-refractivity contribution in [3.8, 4) is 0 Å². The summed E-state index contributed by atoms with van der Waals surface area (Å²) in [4.78, 5) is 75.2. The number of hydrogen-bond donors (Lipinski definition) is 2. The molecule has 2 aliphatic heterocycles. The fraction of sp³-hybridized carbons (Fsp3) is 0.692. The smallest absolute Gasteiger partial charge is 0.305 e. The fourth-order valence-corrected chi connectivity index (χ4v) is 5.99. The molecule has 0 aliphatic carbocycles. The lowest BCUT2D eigenvalue weighted by Crippen LogP contribution is -2.54. The molecule has 1 saturated heterocycles. The molecule has 0 aromatic heterocycles. The van der Waals surface area contributed by atoms with Crippen LogP contribution < -0.4 is 10.6 Å². The number of fused-ring (bicyclic) bond motifs is 1. The van der Waals surface area contributed by atoms with E-state index >= 15 is 0 Å². The Kier molecular flexibility index (Phi) is 22.3. The number of ether oxygens (including phenoxy) is 6. The molecule has 2 N–H and O–H groups in total. The van der Waals surface area contributed by atoms with Crippen molar-refractivity contribution in [3.05, 3.63) is 29.3 Å². The highest BCUT2D eigenvalue weighted by atomic mass is 16.6. The number of nitrogens with zero attached hydrogens (tertiary/aromatic N) is 1. The maximum absolute atomic E-state index is 13.2. The zero-order chi connectivity index (χ0) is 38.8. The molecule has 1 aromatic carbocycles. The predicted molar refractivity (Wildman–Crippen MR) is 198 cm³/mol. The quantitative estimate of drug-likeness (QED) is 0.0620. The number of amides is 5. The Hall–Kier alpha value is -3.76. The van der Waals surface area contributed by atoms with Crippen molar-refractivity contribution in [1.29, 1.82) is 0 Å². The van der Waals surface area contributed by atoms with Gasteiger partial charge in [0.15, 0.2) is 0 Å². The van der Waals surface area contributed by atoms with E-state index in [1.165, 1.54) is 38.2 Å². The van der Waals surface area contributed by atoms with Crippen LogP contribution in [0.15, 0.2) is 18.2 Å². The lowest BCUT2D eigenvalue weighted by atomic mass is 10.0.